The molecule has 1 aromatic carbocycles. The molecule has 2 aromatic rings. The molecule has 1 heteroatoms. The summed E-state index contributed by atoms with van der Waals surface area (Å²) in [6.07, 6.45) is 2.04. The number of aryl methyl sites for hydroxylation is 1. The predicted molar refractivity (Wildman–Crippen MR) is 72.6 cm³/mol. The Kier molecular flexibility index (Phi) is 4.01. The number of pyridine rings is 1. The first-order chi connectivity index (χ1) is 7.70. The van der Waals surface area contributed by atoms with Crippen LogP contribution in [0, 0.1) is 6.92 Å². The van der Waals surface area contributed by atoms with Crippen LogP contribution in [0.25, 0.3) is 23.6 Å². The minimum absolute atomic E-state index is 0.852. The third-order valence-electron chi connectivity index (χ3n) is 2.40. The summed E-state index contributed by atoms with van der Waals surface area (Å²) in [5.41, 5.74) is 2.26. The highest BCUT2D eigenvalue weighted by Crippen LogP contribution is 2.09. The summed E-state index contributed by atoms with van der Waals surface area (Å²) in [5, 5.41) is 3.14. The first-order valence-electron chi connectivity index (χ1n) is 5.23. The van der Waals surface area contributed by atoms with Crippen LogP contribution in [-0.4, -0.2) is 4.98 Å². The number of nitrogens with zero attached hydrogens (tertiary/aromatic N) is 1. The van der Waals surface area contributed by atoms with Crippen LogP contribution in [0.2, 0.25) is 0 Å². The third kappa shape index (κ3) is 2.37. The van der Waals surface area contributed by atoms with Gasteiger partial charge in [0.25, 0.3) is 0 Å². The van der Waals surface area contributed by atoms with Gasteiger partial charge in [-0.15, -0.1) is 13.2 Å². The Balaban J connectivity index is 0.000000606. The lowest BCUT2D eigenvalue weighted by Gasteiger charge is -1.98. The van der Waals surface area contributed by atoms with E-state index >= 15 is 0 Å². The number of hydrogen-bond acceptors (Lipinski definition) is 1. The zero-order chi connectivity index (χ0) is 12.1. The van der Waals surface area contributed by atoms with Gasteiger partial charge in [0, 0.05) is 5.39 Å². The van der Waals surface area contributed by atoms with E-state index in [1.807, 2.05) is 13.0 Å². The molecule has 0 N–H and O–H groups in total. The van der Waals surface area contributed by atoms with Crippen molar-refractivity contribution in [2.75, 3.05) is 0 Å². The lowest BCUT2D eigenvalue weighted by molar-refractivity contribution is 1.28. The smallest absolute Gasteiger partial charge is 0.0712 e. The number of hydrogen-bond donors (Lipinski definition) is 0. The molecule has 0 saturated heterocycles. The molecule has 0 spiro atoms. The number of rotatable bonds is 0. The Hall–Kier alpha value is -1.89. The summed E-state index contributed by atoms with van der Waals surface area (Å²) in [6.45, 7) is 14.0. The average molecular weight is 211 g/mol. The van der Waals surface area contributed by atoms with Gasteiger partial charge in [-0.25, -0.2) is 4.98 Å². The molecule has 1 heterocycles. The number of aromatic nitrogens is 1. The summed E-state index contributed by atoms with van der Waals surface area (Å²) in [7, 11) is 0. The minimum Gasteiger partial charge on any atom is -0.248 e. The van der Waals surface area contributed by atoms with Crippen LogP contribution >= 0.6 is 0 Å². The van der Waals surface area contributed by atoms with Crippen molar-refractivity contribution < 1.29 is 0 Å². The van der Waals surface area contributed by atoms with Crippen molar-refractivity contribution in [3.63, 3.8) is 0 Å². The molecule has 0 bridgehead atoms. The van der Waals surface area contributed by atoms with Crippen molar-refractivity contribution in [2.24, 2.45) is 0 Å². The second-order valence-electron chi connectivity index (χ2n) is 3.51. The first kappa shape index (κ1) is 12.2. The average Bonchev–Trinajstić information content (AvgIpc) is 2.30. The topological polar surface area (TPSA) is 12.9 Å². The molecule has 0 atom stereocenters. The first-order valence-corrected chi connectivity index (χ1v) is 5.23. The van der Waals surface area contributed by atoms with Gasteiger partial charge in [0.05, 0.1) is 10.9 Å². The van der Waals surface area contributed by atoms with Gasteiger partial charge in [0.2, 0.25) is 0 Å². The van der Waals surface area contributed by atoms with E-state index in [-0.39, 0.29) is 0 Å². The van der Waals surface area contributed by atoms with E-state index < -0.39 is 0 Å². The molecular weight excluding hydrogens is 194 g/mol. The molecule has 0 aliphatic carbocycles. The summed E-state index contributed by atoms with van der Waals surface area (Å²) >= 11 is 0. The van der Waals surface area contributed by atoms with Crippen LogP contribution in [-0.2, 0) is 0 Å². The van der Waals surface area contributed by atoms with Crippen molar-refractivity contribution in [1.29, 1.82) is 0 Å². The van der Waals surface area contributed by atoms with E-state index in [1.165, 1.54) is 10.9 Å². The summed E-state index contributed by atoms with van der Waals surface area (Å²) in [4.78, 5) is 4.46. The molecule has 0 aliphatic heterocycles. The SMILES string of the molecule is C=C.C=c1nc2cc(C)ccc2c/c1=C/C. The van der Waals surface area contributed by atoms with E-state index in [2.05, 4.69) is 55.9 Å². The number of fused-ring (bicyclic) bond motifs is 1. The highest BCUT2D eigenvalue weighted by Gasteiger charge is 1.94. The van der Waals surface area contributed by atoms with Gasteiger partial charge in [0.15, 0.2) is 0 Å². The van der Waals surface area contributed by atoms with Gasteiger partial charge < -0.3 is 0 Å². The van der Waals surface area contributed by atoms with E-state index in [0.717, 1.165) is 16.1 Å². The monoisotopic (exact) mass is 211 g/mol. The molecule has 0 fully saturated rings. The van der Waals surface area contributed by atoms with E-state index in [0.29, 0.717) is 0 Å². The van der Waals surface area contributed by atoms with Crippen LogP contribution in [0.4, 0.5) is 0 Å². The van der Waals surface area contributed by atoms with Gasteiger partial charge in [-0.2, -0.15) is 0 Å². The Morgan fingerprint density at radius 2 is 1.88 bits per heavy atom. The lowest BCUT2D eigenvalue weighted by Crippen LogP contribution is -2.25. The van der Waals surface area contributed by atoms with Gasteiger partial charge in [-0.1, -0.05) is 24.8 Å². The quantitative estimate of drug-likeness (QED) is 0.610. The van der Waals surface area contributed by atoms with Crippen LogP contribution in [0.1, 0.15) is 12.5 Å². The standard InChI is InChI=1S/C13H13N.C2H4/c1-4-11-8-12-6-5-9(2)7-13(12)14-10(11)3;1-2/h4-8H,3H2,1-2H3;1-2H2/b11-4-;. The van der Waals surface area contributed by atoms with E-state index in [9.17, 15) is 0 Å². The summed E-state index contributed by atoms with van der Waals surface area (Å²) < 4.78 is 0. The molecule has 1 aromatic heterocycles. The molecule has 2 rings (SSSR count). The highest BCUT2D eigenvalue weighted by molar-refractivity contribution is 5.79. The molecule has 1 nitrogen and oxygen atoms in total. The fourth-order valence-electron chi connectivity index (χ4n) is 1.58. The molecular formula is C15H17N. The summed E-state index contributed by atoms with van der Waals surface area (Å²) in [6, 6.07) is 8.42. The van der Waals surface area contributed by atoms with Crippen molar-refractivity contribution in [2.45, 2.75) is 13.8 Å². The summed E-state index contributed by atoms with van der Waals surface area (Å²) in [5.74, 6) is 0. The molecule has 0 aliphatic rings. The van der Waals surface area contributed by atoms with Crippen LogP contribution in [0.3, 0.4) is 0 Å². The minimum atomic E-state index is 0.852. The van der Waals surface area contributed by atoms with Crippen molar-refractivity contribution in [1.82, 2.24) is 4.98 Å². The highest BCUT2D eigenvalue weighted by atomic mass is 14.7. The van der Waals surface area contributed by atoms with Crippen molar-refractivity contribution in [3.05, 3.63) is 53.6 Å². The maximum Gasteiger partial charge on any atom is 0.0712 e. The molecule has 0 saturated carbocycles. The maximum atomic E-state index is 4.46. The van der Waals surface area contributed by atoms with Crippen LogP contribution < -0.4 is 10.6 Å². The molecule has 82 valence electrons. The van der Waals surface area contributed by atoms with Crippen LogP contribution in [0.5, 0.6) is 0 Å². The predicted octanol–water partition coefficient (Wildman–Crippen LogP) is 2.56. The largest absolute Gasteiger partial charge is 0.248 e. The lowest BCUT2D eigenvalue weighted by atomic mass is 10.1. The second-order valence-corrected chi connectivity index (χ2v) is 3.51. The molecule has 0 unspecified atom stereocenters. The van der Waals surface area contributed by atoms with Gasteiger partial charge in [-0.3, -0.25) is 0 Å². The van der Waals surface area contributed by atoms with Gasteiger partial charge in [-0.05, 0) is 36.8 Å². The van der Waals surface area contributed by atoms with E-state index in [1.54, 1.807) is 0 Å². The Bertz CT molecular complexity index is 597. The van der Waals surface area contributed by atoms with E-state index in [4.69, 9.17) is 0 Å². The molecule has 0 amide bonds. The fraction of sp³-hybridized carbons (Fsp3) is 0.133. The zero-order valence-corrected chi connectivity index (χ0v) is 9.96. The van der Waals surface area contributed by atoms with Gasteiger partial charge in [0.1, 0.15) is 0 Å². The maximum absolute atomic E-state index is 4.46. The van der Waals surface area contributed by atoms with Crippen LogP contribution in [0.15, 0.2) is 37.4 Å². The van der Waals surface area contributed by atoms with Crippen molar-refractivity contribution in [3.8, 4) is 0 Å². The zero-order valence-electron chi connectivity index (χ0n) is 9.96. The fourth-order valence-corrected chi connectivity index (χ4v) is 1.58. The molecule has 16 heavy (non-hydrogen) atoms. The van der Waals surface area contributed by atoms with Gasteiger partial charge >= 0.3 is 0 Å². The normalized spacial score (nSPS) is 11.0. The Morgan fingerprint density at radius 3 is 2.50 bits per heavy atom. The number of benzene rings is 1. The molecule has 0 radical (unpaired) electrons. The van der Waals surface area contributed by atoms with Crippen molar-refractivity contribution >= 4 is 23.6 Å². The Morgan fingerprint density at radius 1 is 1.19 bits per heavy atom. The second kappa shape index (κ2) is 5.26. The Labute approximate surface area is 96.5 Å². The third-order valence-corrected chi connectivity index (χ3v) is 2.40.